The van der Waals surface area contributed by atoms with Gasteiger partial charge in [0.25, 0.3) is 0 Å². The minimum absolute atomic E-state index is 0.296. The number of rotatable bonds is 2. The number of aromatic nitrogens is 1. The van der Waals surface area contributed by atoms with Crippen LogP contribution in [-0.4, -0.2) is 28.1 Å². The Morgan fingerprint density at radius 3 is 2.30 bits per heavy atom. The van der Waals surface area contributed by atoms with Crippen molar-refractivity contribution in [2.24, 2.45) is 5.73 Å². The van der Waals surface area contributed by atoms with Gasteiger partial charge in [0, 0.05) is 17.1 Å². The first-order valence-electron chi connectivity index (χ1n) is 5.35. The van der Waals surface area contributed by atoms with Crippen LogP contribution in [0.5, 0.6) is 0 Å². The Kier molecular flexibility index (Phi) is 4.73. The molecule has 5 nitrogen and oxygen atoms in total. The standard InChI is InChI=1S/C10H10N2O.C2HF3O2/c11-10(13)5-7-6-12-9-4-2-1-3-8(7)9;3-2(4,5)1(6)7/h1-4,6,12H,5H2,(H2,11,13);(H,6,7). The fourth-order valence-corrected chi connectivity index (χ4v) is 1.47. The normalized spacial score (nSPS) is 10.8. The Bertz CT molecular complexity index is 620. The topological polar surface area (TPSA) is 96.2 Å². The zero-order valence-electron chi connectivity index (χ0n) is 10.1. The summed E-state index contributed by atoms with van der Waals surface area (Å²) in [7, 11) is 0. The van der Waals surface area contributed by atoms with E-state index in [0.29, 0.717) is 6.42 Å². The summed E-state index contributed by atoms with van der Waals surface area (Å²) < 4.78 is 31.7. The summed E-state index contributed by atoms with van der Waals surface area (Å²) in [6, 6.07) is 7.84. The minimum Gasteiger partial charge on any atom is -0.475 e. The molecule has 0 radical (unpaired) electrons. The second-order valence-corrected chi connectivity index (χ2v) is 3.81. The molecule has 0 atom stereocenters. The number of para-hydroxylation sites is 1. The largest absolute Gasteiger partial charge is 0.490 e. The number of aliphatic carboxylic acids is 1. The first-order valence-corrected chi connectivity index (χ1v) is 5.35. The maximum absolute atomic E-state index is 10.7. The molecule has 2 aromatic rings. The van der Waals surface area contributed by atoms with Gasteiger partial charge in [-0.05, 0) is 11.6 Å². The van der Waals surface area contributed by atoms with Crippen molar-refractivity contribution in [2.75, 3.05) is 0 Å². The van der Waals surface area contributed by atoms with E-state index in [2.05, 4.69) is 4.98 Å². The molecule has 0 bridgehead atoms. The molecule has 0 aliphatic rings. The van der Waals surface area contributed by atoms with Crippen molar-refractivity contribution in [1.29, 1.82) is 0 Å². The average molecular weight is 288 g/mol. The Hall–Kier alpha value is -2.51. The van der Waals surface area contributed by atoms with Gasteiger partial charge in [0.05, 0.1) is 6.42 Å². The molecule has 8 heteroatoms. The van der Waals surface area contributed by atoms with Crippen LogP contribution in [0.2, 0.25) is 0 Å². The zero-order valence-corrected chi connectivity index (χ0v) is 10.1. The van der Waals surface area contributed by atoms with Gasteiger partial charge in [0.1, 0.15) is 0 Å². The van der Waals surface area contributed by atoms with Crippen LogP contribution < -0.4 is 5.73 Å². The number of aromatic amines is 1. The third-order valence-corrected chi connectivity index (χ3v) is 2.28. The number of hydrogen-bond acceptors (Lipinski definition) is 2. The predicted molar refractivity (Wildman–Crippen MR) is 64.9 cm³/mol. The molecule has 0 fully saturated rings. The van der Waals surface area contributed by atoms with Crippen molar-refractivity contribution in [2.45, 2.75) is 12.6 Å². The minimum atomic E-state index is -5.08. The maximum atomic E-state index is 10.7. The van der Waals surface area contributed by atoms with Crippen molar-refractivity contribution in [3.8, 4) is 0 Å². The van der Waals surface area contributed by atoms with E-state index in [4.69, 9.17) is 15.6 Å². The number of nitrogens with two attached hydrogens (primary N) is 1. The summed E-state index contributed by atoms with van der Waals surface area (Å²) in [6.07, 6.45) is -2.96. The highest BCUT2D eigenvalue weighted by atomic mass is 19.4. The van der Waals surface area contributed by atoms with Gasteiger partial charge in [-0.25, -0.2) is 4.79 Å². The number of alkyl halides is 3. The zero-order chi connectivity index (χ0) is 15.3. The summed E-state index contributed by atoms with van der Waals surface area (Å²) >= 11 is 0. The summed E-state index contributed by atoms with van der Waals surface area (Å²) in [6.45, 7) is 0. The van der Waals surface area contributed by atoms with E-state index in [0.717, 1.165) is 16.5 Å². The van der Waals surface area contributed by atoms with Crippen LogP contribution in [0.4, 0.5) is 13.2 Å². The molecule has 4 N–H and O–H groups in total. The van der Waals surface area contributed by atoms with E-state index in [9.17, 15) is 18.0 Å². The van der Waals surface area contributed by atoms with Gasteiger partial charge in [-0.1, -0.05) is 18.2 Å². The first kappa shape index (κ1) is 15.5. The number of carboxylic acids is 1. The van der Waals surface area contributed by atoms with Crippen molar-refractivity contribution in [3.63, 3.8) is 0 Å². The Morgan fingerprint density at radius 1 is 1.25 bits per heavy atom. The van der Waals surface area contributed by atoms with Gasteiger partial charge < -0.3 is 15.8 Å². The lowest BCUT2D eigenvalue weighted by molar-refractivity contribution is -0.192. The number of nitrogens with one attached hydrogen (secondary N) is 1. The molecule has 20 heavy (non-hydrogen) atoms. The molecule has 0 saturated carbocycles. The van der Waals surface area contributed by atoms with Crippen LogP contribution in [0.15, 0.2) is 30.5 Å². The van der Waals surface area contributed by atoms with Gasteiger partial charge in [-0.15, -0.1) is 0 Å². The number of H-pyrrole nitrogens is 1. The van der Waals surface area contributed by atoms with Crippen LogP contribution in [0.25, 0.3) is 10.9 Å². The molecule has 0 spiro atoms. The van der Waals surface area contributed by atoms with Crippen LogP contribution in [0.1, 0.15) is 5.56 Å². The molecule has 108 valence electrons. The molecule has 0 aliphatic heterocycles. The smallest absolute Gasteiger partial charge is 0.475 e. The third kappa shape index (κ3) is 4.30. The number of amides is 1. The number of hydrogen-bond donors (Lipinski definition) is 3. The van der Waals surface area contributed by atoms with E-state index in [1.54, 1.807) is 0 Å². The lowest BCUT2D eigenvalue weighted by Gasteiger charge is -1.93. The highest BCUT2D eigenvalue weighted by Crippen LogP contribution is 2.17. The quantitative estimate of drug-likeness (QED) is 0.786. The van der Waals surface area contributed by atoms with Gasteiger partial charge in [-0.3, -0.25) is 4.79 Å². The SMILES string of the molecule is NC(=O)Cc1c[nH]c2ccccc12.O=C(O)C(F)(F)F. The third-order valence-electron chi connectivity index (χ3n) is 2.28. The molecule has 1 aromatic heterocycles. The molecule has 0 saturated heterocycles. The number of halogens is 3. The fourth-order valence-electron chi connectivity index (χ4n) is 1.47. The number of carboxylic acid groups (broad SMARTS) is 1. The van der Waals surface area contributed by atoms with Crippen LogP contribution in [-0.2, 0) is 16.0 Å². The average Bonchev–Trinajstić information content (AvgIpc) is 2.72. The molecule has 2 rings (SSSR count). The van der Waals surface area contributed by atoms with E-state index < -0.39 is 12.1 Å². The van der Waals surface area contributed by atoms with Gasteiger partial charge >= 0.3 is 12.1 Å². The molecule has 1 aromatic carbocycles. The number of carbonyl (C=O) groups excluding carboxylic acids is 1. The summed E-state index contributed by atoms with van der Waals surface area (Å²) in [5, 5.41) is 8.20. The van der Waals surface area contributed by atoms with Crippen molar-refractivity contribution in [3.05, 3.63) is 36.0 Å². The highest BCUT2D eigenvalue weighted by Gasteiger charge is 2.38. The molecular formula is C12H11F3N2O3. The molecule has 0 unspecified atom stereocenters. The van der Waals surface area contributed by atoms with Crippen molar-refractivity contribution in [1.82, 2.24) is 4.98 Å². The number of fused-ring (bicyclic) bond motifs is 1. The highest BCUT2D eigenvalue weighted by molar-refractivity contribution is 5.88. The van der Waals surface area contributed by atoms with E-state index in [-0.39, 0.29) is 5.91 Å². The second-order valence-electron chi connectivity index (χ2n) is 3.81. The number of benzene rings is 1. The number of primary amides is 1. The number of carbonyl (C=O) groups is 2. The summed E-state index contributed by atoms with van der Waals surface area (Å²) in [5.74, 6) is -3.06. The second kappa shape index (κ2) is 6.09. The summed E-state index contributed by atoms with van der Waals surface area (Å²) in [4.78, 5) is 22.7. The lowest BCUT2D eigenvalue weighted by Crippen LogP contribution is -2.21. The van der Waals surface area contributed by atoms with Crippen LogP contribution in [0, 0.1) is 0 Å². The Morgan fingerprint density at radius 2 is 1.80 bits per heavy atom. The van der Waals surface area contributed by atoms with Crippen molar-refractivity contribution >= 4 is 22.8 Å². The first-order chi connectivity index (χ1) is 9.21. The van der Waals surface area contributed by atoms with Gasteiger partial charge in [0.15, 0.2) is 0 Å². The van der Waals surface area contributed by atoms with Crippen molar-refractivity contribution < 1.29 is 27.9 Å². The fraction of sp³-hybridized carbons (Fsp3) is 0.167. The monoisotopic (exact) mass is 288 g/mol. The summed E-state index contributed by atoms with van der Waals surface area (Å²) in [5.41, 5.74) is 7.12. The van der Waals surface area contributed by atoms with E-state index in [1.807, 2.05) is 30.5 Å². The van der Waals surface area contributed by atoms with Crippen LogP contribution >= 0.6 is 0 Å². The molecule has 1 amide bonds. The van der Waals surface area contributed by atoms with E-state index in [1.165, 1.54) is 0 Å². The van der Waals surface area contributed by atoms with E-state index >= 15 is 0 Å². The molecule has 1 heterocycles. The molecular weight excluding hydrogens is 277 g/mol. The molecule has 0 aliphatic carbocycles. The Labute approximate surface area is 111 Å². The maximum Gasteiger partial charge on any atom is 0.490 e. The predicted octanol–water partition coefficient (Wildman–Crippen LogP) is 1.83. The Balaban J connectivity index is 0.000000246. The van der Waals surface area contributed by atoms with Gasteiger partial charge in [-0.2, -0.15) is 13.2 Å². The van der Waals surface area contributed by atoms with Gasteiger partial charge in [0.2, 0.25) is 5.91 Å². The van der Waals surface area contributed by atoms with Crippen LogP contribution in [0.3, 0.4) is 0 Å². The lowest BCUT2D eigenvalue weighted by atomic mass is 10.1.